The van der Waals surface area contributed by atoms with E-state index in [1.54, 1.807) is 0 Å². The van der Waals surface area contributed by atoms with Gasteiger partial charge in [0.05, 0.1) is 29.0 Å². The molecule has 0 fully saturated rings. The highest BCUT2D eigenvalue weighted by Gasteiger charge is 2.25. The van der Waals surface area contributed by atoms with Crippen LogP contribution in [0.4, 0.5) is 11.4 Å². The van der Waals surface area contributed by atoms with Crippen LogP contribution in [0.1, 0.15) is 5.56 Å². The normalized spacial score (nSPS) is 19.2. The minimum atomic E-state index is 0.338. The molecule has 84 valence electrons. The number of nitrogens with zero attached hydrogens (tertiary/aromatic N) is 3. The fourth-order valence-corrected chi connectivity index (χ4v) is 2.16. The van der Waals surface area contributed by atoms with E-state index in [4.69, 9.17) is 11.0 Å². The fraction of sp³-hybridized carbons (Fsp3) is 0.417. The third kappa shape index (κ3) is 1.59. The lowest BCUT2D eigenvalue weighted by Gasteiger charge is -2.40. The molecule has 16 heavy (non-hydrogen) atoms. The first kappa shape index (κ1) is 10.8. The Morgan fingerprint density at radius 2 is 2.19 bits per heavy atom. The van der Waals surface area contributed by atoms with Crippen LogP contribution in [0, 0.1) is 11.3 Å². The van der Waals surface area contributed by atoms with Gasteiger partial charge in [0.15, 0.2) is 0 Å². The number of hydrogen-bond donors (Lipinski definition) is 1. The van der Waals surface area contributed by atoms with Crippen LogP contribution in [0.15, 0.2) is 18.2 Å². The van der Waals surface area contributed by atoms with Crippen molar-refractivity contribution in [1.82, 2.24) is 0 Å². The van der Waals surface area contributed by atoms with Crippen molar-refractivity contribution in [2.75, 3.05) is 37.0 Å². The number of nitrogens with two attached hydrogens (primary N) is 1. The monoisotopic (exact) mass is 216 g/mol. The molecule has 0 spiro atoms. The summed E-state index contributed by atoms with van der Waals surface area (Å²) < 4.78 is 0. The Hall–Kier alpha value is -1.73. The average molecular weight is 216 g/mol. The number of likely N-dealkylation sites (N-methyl/N-ethyl adjacent to an activating group) is 2. The largest absolute Gasteiger partial charge is 0.371 e. The Balaban J connectivity index is 2.46. The van der Waals surface area contributed by atoms with Crippen molar-refractivity contribution >= 4 is 11.4 Å². The van der Waals surface area contributed by atoms with Crippen LogP contribution in [0.5, 0.6) is 0 Å². The number of nitriles is 1. The van der Waals surface area contributed by atoms with Crippen molar-refractivity contribution in [2.45, 2.75) is 6.04 Å². The summed E-state index contributed by atoms with van der Waals surface area (Å²) in [6, 6.07) is 8.28. The first-order valence-corrected chi connectivity index (χ1v) is 5.35. The van der Waals surface area contributed by atoms with Crippen LogP contribution in [-0.2, 0) is 0 Å². The van der Waals surface area contributed by atoms with Gasteiger partial charge in [-0.15, -0.1) is 0 Å². The summed E-state index contributed by atoms with van der Waals surface area (Å²) in [6.07, 6.45) is 0. The van der Waals surface area contributed by atoms with Crippen LogP contribution in [0.3, 0.4) is 0 Å². The molecule has 0 saturated heterocycles. The molecule has 1 aliphatic heterocycles. The summed E-state index contributed by atoms with van der Waals surface area (Å²) in [6.45, 7) is 1.54. The van der Waals surface area contributed by atoms with Crippen molar-refractivity contribution < 1.29 is 0 Å². The van der Waals surface area contributed by atoms with E-state index in [0.29, 0.717) is 18.2 Å². The number of hydrogen-bond acceptors (Lipinski definition) is 4. The molecule has 0 bridgehead atoms. The van der Waals surface area contributed by atoms with Crippen molar-refractivity contribution in [3.05, 3.63) is 23.8 Å². The molecule has 1 aromatic carbocycles. The molecule has 1 atom stereocenters. The van der Waals surface area contributed by atoms with E-state index in [1.165, 1.54) is 0 Å². The van der Waals surface area contributed by atoms with E-state index in [1.807, 2.05) is 25.2 Å². The molecule has 2 rings (SSSR count). The fourth-order valence-electron chi connectivity index (χ4n) is 2.16. The molecule has 2 N–H and O–H groups in total. The van der Waals surface area contributed by atoms with Crippen LogP contribution in [0.2, 0.25) is 0 Å². The summed E-state index contributed by atoms with van der Waals surface area (Å²) >= 11 is 0. The summed E-state index contributed by atoms with van der Waals surface area (Å²) in [5.41, 5.74) is 8.69. The van der Waals surface area contributed by atoms with Gasteiger partial charge in [-0.2, -0.15) is 5.26 Å². The Labute approximate surface area is 95.9 Å². The molecule has 1 unspecified atom stereocenters. The van der Waals surface area contributed by atoms with Crippen molar-refractivity contribution in [1.29, 1.82) is 5.26 Å². The molecular formula is C12H16N4. The van der Waals surface area contributed by atoms with Crippen LogP contribution < -0.4 is 15.5 Å². The Bertz CT molecular complexity index is 435. The zero-order valence-corrected chi connectivity index (χ0v) is 9.64. The van der Waals surface area contributed by atoms with E-state index in [2.05, 4.69) is 22.9 Å². The maximum Gasteiger partial charge on any atom is 0.0992 e. The van der Waals surface area contributed by atoms with Gasteiger partial charge < -0.3 is 15.5 Å². The minimum Gasteiger partial charge on any atom is -0.371 e. The van der Waals surface area contributed by atoms with Crippen molar-refractivity contribution in [3.8, 4) is 6.07 Å². The highest BCUT2D eigenvalue weighted by molar-refractivity contribution is 5.75. The second-order valence-corrected chi connectivity index (χ2v) is 4.20. The van der Waals surface area contributed by atoms with E-state index >= 15 is 0 Å². The van der Waals surface area contributed by atoms with E-state index < -0.39 is 0 Å². The minimum absolute atomic E-state index is 0.338. The van der Waals surface area contributed by atoms with E-state index in [9.17, 15) is 0 Å². The van der Waals surface area contributed by atoms with Gasteiger partial charge in [-0.1, -0.05) is 0 Å². The molecule has 0 aromatic heterocycles. The number of fused-ring (bicyclic) bond motifs is 1. The van der Waals surface area contributed by atoms with Crippen LogP contribution >= 0.6 is 0 Å². The molecule has 0 aliphatic carbocycles. The molecule has 4 nitrogen and oxygen atoms in total. The summed E-state index contributed by atoms with van der Waals surface area (Å²) in [5, 5.41) is 8.89. The standard InChI is InChI=1S/C12H16N4/c1-15-8-10(7-14)16(2)11-4-3-9(6-13)5-12(11)15/h3-5,10H,7-8,14H2,1-2H3. The lowest BCUT2D eigenvalue weighted by atomic mass is 10.1. The average Bonchev–Trinajstić information content (AvgIpc) is 2.33. The second-order valence-electron chi connectivity index (χ2n) is 4.20. The highest BCUT2D eigenvalue weighted by atomic mass is 15.3. The lowest BCUT2D eigenvalue weighted by Crippen LogP contribution is -2.49. The summed E-state index contributed by atoms with van der Waals surface area (Å²) in [4.78, 5) is 4.35. The molecule has 1 aliphatic rings. The number of benzene rings is 1. The van der Waals surface area contributed by atoms with Gasteiger partial charge in [0.2, 0.25) is 0 Å². The summed E-state index contributed by atoms with van der Waals surface area (Å²) in [5.74, 6) is 0. The Kier molecular flexibility index (Phi) is 2.71. The van der Waals surface area contributed by atoms with Gasteiger partial charge in [-0.25, -0.2) is 0 Å². The molecule has 0 radical (unpaired) electrons. The maximum atomic E-state index is 8.89. The van der Waals surface area contributed by atoms with Gasteiger partial charge in [-0.05, 0) is 18.2 Å². The Morgan fingerprint density at radius 3 is 2.81 bits per heavy atom. The molecule has 0 amide bonds. The molecule has 0 saturated carbocycles. The first-order valence-electron chi connectivity index (χ1n) is 5.35. The zero-order chi connectivity index (χ0) is 11.7. The predicted molar refractivity (Wildman–Crippen MR) is 65.7 cm³/mol. The second kappa shape index (κ2) is 4.03. The molecule has 1 aromatic rings. The SMILES string of the molecule is CN1CC(CN)N(C)c2ccc(C#N)cc21. The van der Waals surface area contributed by atoms with Gasteiger partial charge >= 0.3 is 0 Å². The number of rotatable bonds is 1. The highest BCUT2D eigenvalue weighted by Crippen LogP contribution is 2.34. The van der Waals surface area contributed by atoms with Crippen LogP contribution in [-0.4, -0.2) is 33.2 Å². The zero-order valence-electron chi connectivity index (χ0n) is 9.64. The Morgan fingerprint density at radius 1 is 1.44 bits per heavy atom. The number of anilines is 2. The van der Waals surface area contributed by atoms with Gasteiger partial charge in [0.1, 0.15) is 0 Å². The molecular weight excluding hydrogens is 200 g/mol. The maximum absolute atomic E-state index is 8.89. The third-order valence-electron chi connectivity index (χ3n) is 3.20. The van der Waals surface area contributed by atoms with Crippen molar-refractivity contribution in [3.63, 3.8) is 0 Å². The topological polar surface area (TPSA) is 56.3 Å². The molecule has 4 heteroatoms. The predicted octanol–water partition coefficient (Wildman–Crippen LogP) is 0.772. The van der Waals surface area contributed by atoms with Gasteiger partial charge in [0.25, 0.3) is 0 Å². The first-order chi connectivity index (χ1) is 7.67. The van der Waals surface area contributed by atoms with Gasteiger partial charge in [-0.3, -0.25) is 0 Å². The smallest absolute Gasteiger partial charge is 0.0992 e. The third-order valence-corrected chi connectivity index (χ3v) is 3.20. The van der Waals surface area contributed by atoms with Gasteiger partial charge in [0, 0.05) is 27.2 Å². The lowest BCUT2D eigenvalue weighted by molar-refractivity contribution is 0.609. The molecule has 1 heterocycles. The summed E-state index contributed by atoms with van der Waals surface area (Å²) in [7, 11) is 4.09. The van der Waals surface area contributed by atoms with Crippen LogP contribution in [0.25, 0.3) is 0 Å². The van der Waals surface area contributed by atoms with E-state index in [0.717, 1.165) is 17.9 Å². The van der Waals surface area contributed by atoms with E-state index in [-0.39, 0.29) is 0 Å². The quantitative estimate of drug-likeness (QED) is 0.753. The van der Waals surface area contributed by atoms with Crippen molar-refractivity contribution in [2.24, 2.45) is 5.73 Å².